The first-order valence-corrected chi connectivity index (χ1v) is 9.91. The van der Waals surface area contributed by atoms with Gasteiger partial charge < -0.3 is 4.74 Å². The first-order chi connectivity index (χ1) is 13.3. The van der Waals surface area contributed by atoms with E-state index in [4.69, 9.17) is 21.3 Å². The molecule has 28 heavy (non-hydrogen) atoms. The third-order valence-corrected chi connectivity index (χ3v) is 5.90. The number of halogens is 2. The second-order valence-corrected chi connectivity index (χ2v) is 8.75. The van der Waals surface area contributed by atoms with Gasteiger partial charge in [0, 0.05) is 10.0 Å². The molecule has 2 aliphatic rings. The molecule has 0 bridgehead atoms. The second-order valence-electron chi connectivity index (χ2n) is 7.48. The predicted molar refractivity (Wildman–Crippen MR) is 105 cm³/mol. The molecule has 3 aromatic rings. The zero-order valence-corrected chi connectivity index (χ0v) is 17.5. The molecule has 2 aromatic heterocycles. The zero-order valence-electron chi connectivity index (χ0n) is 15.2. The molecule has 1 fully saturated rings. The number of imidazole rings is 1. The minimum Gasteiger partial charge on any atom is -0.447 e. The number of benzene rings is 1. The van der Waals surface area contributed by atoms with Crippen LogP contribution < -0.4 is 0 Å². The van der Waals surface area contributed by atoms with E-state index < -0.39 is 5.54 Å². The normalized spacial score (nSPS) is 17.0. The monoisotopic (exact) mass is 462 g/mol. The Labute approximate surface area is 174 Å². The van der Waals surface area contributed by atoms with Crippen LogP contribution in [0.25, 0.3) is 17.1 Å². The second kappa shape index (κ2) is 6.05. The molecular formula is C18H16BrClN6O2. The van der Waals surface area contributed by atoms with E-state index in [0.717, 1.165) is 27.2 Å². The van der Waals surface area contributed by atoms with E-state index in [-0.39, 0.29) is 12.6 Å². The highest BCUT2D eigenvalue weighted by molar-refractivity contribution is 9.10. The molecule has 0 aliphatic carbocycles. The van der Waals surface area contributed by atoms with Gasteiger partial charge in [0.25, 0.3) is 0 Å². The van der Waals surface area contributed by atoms with E-state index in [2.05, 4.69) is 26.0 Å². The van der Waals surface area contributed by atoms with Gasteiger partial charge in [-0.2, -0.15) is 5.10 Å². The number of nitrogens with zero attached hydrogens (tertiary/aromatic N) is 6. The van der Waals surface area contributed by atoms with Crippen molar-refractivity contribution in [1.82, 2.24) is 29.2 Å². The van der Waals surface area contributed by atoms with Gasteiger partial charge in [0.15, 0.2) is 16.8 Å². The van der Waals surface area contributed by atoms with Gasteiger partial charge in [0.1, 0.15) is 12.9 Å². The molecule has 1 saturated heterocycles. The van der Waals surface area contributed by atoms with E-state index in [9.17, 15) is 4.79 Å². The Morgan fingerprint density at radius 3 is 2.93 bits per heavy atom. The van der Waals surface area contributed by atoms with Crippen molar-refractivity contribution in [2.24, 2.45) is 0 Å². The molecule has 0 radical (unpaired) electrons. The Hall–Kier alpha value is -2.39. The quantitative estimate of drug-likeness (QED) is 0.453. The van der Waals surface area contributed by atoms with E-state index in [1.54, 1.807) is 15.9 Å². The van der Waals surface area contributed by atoms with Crippen molar-refractivity contribution in [3.8, 4) is 17.1 Å². The van der Waals surface area contributed by atoms with Gasteiger partial charge in [-0.1, -0.05) is 27.5 Å². The van der Waals surface area contributed by atoms with Crippen LogP contribution in [-0.2, 0) is 17.8 Å². The number of cyclic esters (lactones) is 1. The lowest BCUT2D eigenvalue weighted by atomic mass is 10.1. The van der Waals surface area contributed by atoms with Crippen molar-refractivity contribution >= 4 is 33.6 Å². The van der Waals surface area contributed by atoms with Crippen LogP contribution in [0, 0.1) is 0 Å². The van der Waals surface area contributed by atoms with Crippen molar-refractivity contribution in [3.05, 3.63) is 45.7 Å². The molecule has 144 valence electrons. The minimum absolute atomic E-state index is 0.280. The summed E-state index contributed by atoms with van der Waals surface area (Å²) in [5, 5.41) is 5.10. The molecule has 0 N–H and O–H groups in total. The number of rotatable bonds is 2. The Morgan fingerprint density at radius 1 is 1.36 bits per heavy atom. The van der Waals surface area contributed by atoms with Crippen LogP contribution in [0.2, 0.25) is 5.15 Å². The van der Waals surface area contributed by atoms with Crippen LogP contribution in [0.3, 0.4) is 0 Å². The largest absolute Gasteiger partial charge is 0.447 e. The van der Waals surface area contributed by atoms with Crippen LogP contribution in [0.15, 0.2) is 29.0 Å². The lowest BCUT2D eigenvalue weighted by Crippen LogP contribution is -2.41. The van der Waals surface area contributed by atoms with Gasteiger partial charge in [-0.25, -0.2) is 19.4 Å². The highest BCUT2D eigenvalue weighted by atomic mass is 79.9. The van der Waals surface area contributed by atoms with Crippen molar-refractivity contribution in [2.45, 2.75) is 32.5 Å². The van der Waals surface area contributed by atoms with Crippen molar-refractivity contribution < 1.29 is 9.53 Å². The maximum Gasteiger partial charge on any atom is 0.410 e. The van der Waals surface area contributed by atoms with Crippen LogP contribution in [0.5, 0.6) is 0 Å². The molecule has 0 spiro atoms. The summed E-state index contributed by atoms with van der Waals surface area (Å²) in [4.78, 5) is 22.8. The summed E-state index contributed by atoms with van der Waals surface area (Å²) in [5.74, 6) is 1.27. The molecular weight excluding hydrogens is 448 g/mol. The molecule has 0 unspecified atom stereocenters. The topological polar surface area (TPSA) is 78.1 Å². The fourth-order valence-corrected chi connectivity index (χ4v) is 4.12. The summed E-state index contributed by atoms with van der Waals surface area (Å²) >= 11 is 9.86. The minimum atomic E-state index is -0.400. The predicted octanol–water partition coefficient (Wildman–Crippen LogP) is 3.64. The molecule has 10 heteroatoms. The number of amides is 1. The molecule has 1 aromatic carbocycles. The smallest absolute Gasteiger partial charge is 0.410 e. The average Bonchev–Trinajstić information content (AvgIpc) is 3.26. The summed E-state index contributed by atoms with van der Waals surface area (Å²) in [6.45, 7) is 4.99. The highest BCUT2D eigenvalue weighted by Gasteiger charge is 2.40. The number of fused-ring (bicyclic) bond motifs is 5. The summed E-state index contributed by atoms with van der Waals surface area (Å²) in [5.41, 5.74) is 2.27. The zero-order chi connectivity index (χ0) is 19.6. The Balaban J connectivity index is 1.62. The summed E-state index contributed by atoms with van der Waals surface area (Å²) in [6.07, 6.45) is 1.36. The molecule has 2 aliphatic heterocycles. The third kappa shape index (κ3) is 2.64. The van der Waals surface area contributed by atoms with E-state index in [1.807, 2.05) is 36.6 Å². The number of carbonyl (C=O) groups is 1. The van der Waals surface area contributed by atoms with Crippen molar-refractivity contribution in [2.75, 3.05) is 6.61 Å². The molecule has 5 rings (SSSR count). The van der Waals surface area contributed by atoms with Gasteiger partial charge in [0.2, 0.25) is 0 Å². The van der Waals surface area contributed by atoms with Crippen LogP contribution >= 0.6 is 27.5 Å². The average molecular weight is 464 g/mol. The maximum absolute atomic E-state index is 12.1. The number of hydrogen-bond donors (Lipinski definition) is 0. The lowest BCUT2D eigenvalue weighted by molar-refractivity contribution is 0.151. The summed E-state index contributed by atoms with van der Waals surface area (Å²) in [6, 6.07) is 5.95. The van der Waals surface area contributed by atoms with Gasteiger partial charge in [-0.05, 0) is 32.0 Å². The van der Waals surface area contributed by atoms with Gasteiger partial charge in [-0.15, -0.1) is 0 Å². The maximum atomic E-state index is 12.1. The van der Waals surface area contributed by atoms with E-state index in [1.165, 1.54) is 0 Å². The van der Waals surface area contributed by atoms with Crippen LogP contribution in [0.1, 0.15) is 25.4 Å². The van der Waals surface area contributed by atoms with Gasteiger partial charge in [-0.3, -0.25) is 9.47 Å². The standard InChI is InChI=1S/C18H16BrClN6O2/c1-18(2)8-28-17(27)25(18)7-14-22-16-11-5-10(19)3-4-12(11)24-9-21-15(20)13(24)6-26(16)23-14/h3-5,9H,6-8H2,1-2H3. The Bertz CT molecular complexity index is 1120. The van der Waals surface area contributed by atoms with E-state index >= 15 is 0 Å². The van der Waals surface area contributed by atoms with Gasteiger partial charge >= 0.3 is 6.09 Å². The van der Waals surface area contributed by atoms with Gasteiger partial charge in [0.05, 0.1) is 30.0 Å². The van der Waals surface area contributed by atoms with E-state index in [0.29, 0.717) is 24.1 Å². The summed E-state index contributed by atoms with van der Waals surface area (Å²) < 4.78 is 9.89. The third-order valence-electron chi connectivity index (χ3n) is 5.09. The highest BCUT2D eigenvalue weighted by Crippen LogP contribution is 2.35. The Kier molecular flexibility index (Phi) is 3.82. The number of aromatic nitrogens is 5. The lowest BCUT2D eigenvalue weighted by Gasteiger charge is -2.26. The first-order valence-electron chi connectivity index (χ1n) is 8.73. The first kappa shape index (κ1) is 17.7. The number of carbonyl (C=O) groups excluding carboxylic acids is 1. The van der Waals surface area contributed by atoms with Crippen molar-refractivity contribution in [1.29, 1.82) is 0 Å². The molecule has 0 atom stereocenters. The molecule has 1 amide bonds. The fraction of sp³-hybridized carbons (Fsp3) is 0.333. The number of hydrogen-bond acceptors (Lipinski definition) is 5. The van der Waals surface area contributed by atoms with Crippen molar-refractivity contribution in [3.63, 3.8) is 0 Å². The van der Waals surface area contributed by atoms with Crippen LogP contribution in [-0.4, -0.2) is 47.5 Å². The Morgan fingerprint density at radius 2 is 2.18 bits per heavy atom. The van der Waals surface area contributed by atoms with Crippen LogP contribution in [0.4, 0.5) is 4.79 Å². The molecule has 4 heterocycles. The molecule has 0 saturated carbocycles. The summed E-state index contributed by atoms with van der Waals surface area (Å²) in [7, 11) is 0. The fourth-order valence-electron chi connectivity index (χ4n) is 3.57. The SMILES string of the molecule is CC1(C)COC(=O)N1Cc1nc2n(n1)Cc1c(Cl)ncn1-c1ccc(Br)cc1-2. The number of ether oxygens (including phenoxy) is 1. The molecule has 8 nitrogen and oxygen atoms in total.